The Kier molecular flexibility index (Phi) is 3.82. The molecule has 0 saturated carbocycles. The monoisotopic (exact) mass is 213 g/mol. The number of hydrogen-bond acceptors (Lipinski definition) is 4. The second-order valence-corrected chi connectivity index (χ2v) is 3.60. The van der Waals surface area contributed by atoms with Crippen LogP contribution in [-0.4, -0.2) is 30.3 Å². The van der Waals surface area contributed by atoms with Crippen LogP contribution in [0.15, 0.2) is 0 Å². The van der Waals surface area contributed by atoms with Crippen molar-refractivity contribution < 1.29 is 19.1 Å². The summed E-state index contributed by atoms with van der Waals surface area (Å²) in [7, 11) is 0. The number of Topliss-reactive ketones (excluding diaryl/α,β-unsaturated/α-hetero) is 1. The number of carbonyl (C=O) groups excluding carboxylic acids is 3. The molecular weight excluding hydrogens is 198 g/mol. The van der Waals surface area contributed by atoms with Gasteiger partial charge in [-0.1, -0.05) is 13.3 Å². The average molecular weight is 213 g/mol. The lowest BCUT2D eigenvalue weighted by atomic mass is 9.87. The molecule has 1 fully saturated rings. The van der Waals surface area contributed by atoms with Gasteiger partial charge in [0, 0.05) is 0 Å². The zero-order chi connectivity index (χ0) is 11.4. The standard InChI is InChI=1S/C10H15NO4/c1-3-4-5-15-10(14)8-7(6(2)12)9(13)11-8/h7-8H,3-5H2,1-2H3,(H,11,13)/t7?,8-/m1/s1. The molecule has 1 rings (SSSR count). The van der Waals surface area contributed by atoms with Gasteiger partial charge in [0.15, 0.2) is 0 Å². The van der Waals surface area contributed by atoms with Crippen molar-refractivity contribution in [3.05, 3.63) is 0 Å². The van der Waals surface area contributed by atoms with Crippen molar-refractivity contribution in [2.75, 3.05) is 6.61 Å². The number of unbranched alkanes of at least 4 members (excludes halogenated alkanes) is 1. The highest BCUT2D eigenvalue weighted by atomic mass is 16.5. The molecule has 0 radical (unpaired) electrons. The highest BCUT2D eigenvalue weighted by Gasteiger charge is 2.47. The molecule has 1 N–H and O–H groups in total. The molecular formula is C10H15NO4. The lowest BCUT2D eigenvalue weighted by molar-refractivity contribution is -0.160. The van der Waals surface area contributed by atoms with E-state index in [2.05, 4.69) is 5.32 Å². The van der Waals surface area contributed by atoms with Crippen LogP contribution in [-0.2, 0) is 19.1 Å². The van der Waals surface area contributed by atoms with Crippen molar-refractivity contribution in [1.82, 2.24) is 5.32 Å². The van der Waals surface area contributed by atoms with Gasteiger partial charge in [-0.2, -0.15) is 0 Å². The Morgan fingerprint density at radius 1 is 1.47 bits per heavy atom. The number of ether oxygens (including phenoxy) is 1. The summed E-state index contributed by atoms with van der Waals surface area (Å²) < 4.78 is 4.91. The molecule has 5 nitrogen and oxygen atoms in total. The van der Waals surface area contributed by atoms with E-state index in [0.717, 1.165) is 12.8 Å². The maximum Gasteiger partial charge on any atom is 0.329 e. The fourth-order valence-electron chi connectivity index (χ4n) is 1.40. The van der Waals surface area contributed by atoms with E-state index in [1.54, 1.807) is 0 Å². The van der Waals surface area contributed by atoms with E-state index in [9.17, 15) is 14.4 Å². The first-order chi connectivity index (χ1) is 7.07. The summed E-state index contributed by atoms with van der Waals surface area (Å²) in [5, 5.41) is 2.37. The molecule has 0 aliphatic carbocycles. The summed E-state index contributed by atoms with van der Waals surface area (Å²) in [5.41, 5.74) is 0. The minimum absolute atomic E-state index is 0.295. The highest BCUT2D eigenvalue weighted by molar-refractivity contribution is 6.11. The zero-order valence-corrected chi connectivity index (χ0v) is 8.91. The summed E-state index contributed by atoms with van der Waals surface area (Å²) in [6.45, 7) is 3.62. The van der Waals surface area contributed by atoms with Gasteiger partial charge in [-0.25, -0.2) is 4.79 Å². The predicted molar refractivity (Wildman–Crippen MR) is 52.0 cm³/mol. The van der Waals surface area contributed by atoms with Crippen molar-refractivity contribution in [3.63, 3.8) is 0 Å². The van der Waals surface area contributed by atoms with Gasteiger partial charge in [-0.05, 0) is 13.3 Å². The van der Waals surface area contributed by atoms with E-state index >= 15 is 0 Å². The van der Waals surface area contributed by atoms with Crippen molar-refractivity contribution in [1.29, 1.82) is 0 Å². The van der Waals surface area contributed by atoms with Gasteiger partial charge in [0.1, 0.15) is 17.7 Å². The molecule has 0 aromatic heterocycles. The maximum atomic E-state index is 11.4. The Morgan fingerprint density at radius 3 is 2.60 bits per heavy atom. The van der Waals surface area contributed by atoms with E-state index in [-0.39, 0.29) is 11.7 Å². The Balaban J connectivity index is 2.41. The van der Waals surface area contributed by atoms with Crippen LogP contribution in [0.3, 0.4) is 0 Å². The Morgan fingerprint density at radius 2 is 2.13 bits per heavy atom. The molecule has 0 aromatic rings. The van der Waals surface area contributed by atoms with E-state index < -0.39 is 17.9 Å². The van der Waals surface area contributed by atoms with Crippen LogP contribution in [0.4, 0.5) is 0 Å². The van der Waals surface area contributed by atoms with E-state index in [0.29, 0.717) is 6.61 Å². The van der Waals surface area contributed by atoms with Gasteiger partial charge in [0.05, 0.1) is 6.61 Å². The molecule has 1 unspecified atom stereocenters. The number of ketones is 1. The van der Waals surface area contributed by atoms with Crippen LogP contribution in [0.5, 0.6) is 0 Å². The first-order valence-electron chi connectivity index (χ1n) is 5.05. The van der Waals surface area contributed by atoms with Crippen LogP contribution >= 0.6 is 0 Å². The van der Waals surface area contributed by atoms with Crippen molar-refractivity contribution in [2.45, 2.75) is 32.7 Å². The Labute approximate surface area is 88.2 Å². The zero-order valence-electron chi connectivity index (χ0n) is 8.91. The number of esters is 1. The molecule has 15 heavy (non-hydrogen) atoms. The SMILES string of the molecule is CCCCOC(=O)[C@@H]1NC(=O)C1C(C)=O. The normalized spacial score (nSPS) is 24.0. The quantitative estimate of drug-likeness (QED) is 0.303. The lowest BCUT2D eigenvalue weighted by Gasteiger charge is -2.32. The van der Waals surface area contributed by atoms with Crippen LogP contribution in [0, 0.1) is 5.92 Å². The Bertz CT molecular complexity index is 279. The fraction of sp³-hybridized carbons (Fsp3) is 0.700. The number of carbonyl (C=O) groups is 3. The van der Waals surface area contributed by atoms with Crippen molar-refractivity contribution >= 4 is 17.7 Å². The highest BCUT2D eigenvalue weighted by Crippen LogP contribution is 2.17. The maximum absolute atomic E-state index is 11.4. The van der Waals surface area contributed by atoms with Crippen LogP contribution < -0.4 is 5.32 Å². The molecule has 0 spiro atoms. The summed E-state index contributed by atoms with van der Waals surface area (Å²) in [4.78, 5) is 33.4. The molecule has 0 aromatic carbocycles. The van der Waals surface area contributed by atoms with Crippen molar-refractivity contribution in [3.8, 4) is 0 Å². The lowest BCUT2D eigenvalue weighted by Crippen LogP contribution is -2.64. The topological polar surface area (TPSA) is 72.5 Å². The minimum Gasteiger partial charge on any atom is -0.464 e. The van der Waals surface area contributed by atoms with Crippen molar-refractivity contribution in [2.24, 2.45) is 5.92 Å². The summed E-state index contributed by atoms with van der Waals surface area (Å²) in [5.74, 6) is -2.04. The summed E-state index contributed by atoms with van der Waals surface area (Å²) >= 11 is 0. The number of β-lactam (4-membered cyclic amide) rings is 1. The first kappa shape index (κ1) is 11.7. The van der Waals surface area contributed by atoms with Crippen LogP contribution in [0.2, 0.25) is 0 Å². The number of hydrogen-bond donors (Lipinski definition) is 1. The third kappa shape index (κ3) is 2.55. The molecule has 1 heterocycles. The van der Waals surface area contributed by atoms with Gasteiger partial charge in [-0.15, -0.1) is 0 Å². The summed E-state index contributed by atoms with van der Waals surface area (Å²) in [6.07, 6.45) is 1.72. The largest absolute Gasteiger partial charge is 0.464 e. The molecule has 1 amide bonds. The summed E-state index contributed by atoms with van der Waals surface area (Å²) in [6, 6.07) is -0.771. The van der Waals surface area contributed by atoms with E-state index in [1.165, 1.54) is 6.92 Å². The number of nitrogens with one attached hydrogen (secondary N) is 1. The van der Waals surface area contributed by atoms with Gasteiger partial charge in [-0.3, -0.25) is 9.59 Å². The molecule has 84 valence electrons. The second-order valence-electron chi connectivity index (χ2n) is 3.60. The van der Waals surface area contributed by atoms with Crippen LogP contribution in [0.25, 0.3) is 0 Å². The molecule has 1 saturated heterocycles. The third-order valence-corrected chi connectivity index (χ3v) is 2.35. The van der Waals surface area contributed by atoms with Gasteiger partial charge >= 0.3 is 5.97 Å². The molecule has 2 atom stereocenters. The smallest absolute Gasteiger partial charge is 0.329 e. The Hall–Kier alpha value is -1.39. The van der Waals surface area contributed by atoms with Crippen LogP contribution in [0.1, 0.15) is 26.7 Å². The second kappa shape index (κ2) is 4.91. The number of amides is 1. The van der Waals surface area contributed by atoms with E-state index in [4.69, 9.17) is 4.74 Å². The molecule has 1 aliphatic rings. The first-order valence-corrected chi connectivity index (χ1v) is 5.05. The molecule has 0 bridgehead atoms. The fourth-order valence-corrected chi connectivity index (χ4v) is 1.40. The van der Waals surface area contributed by atoms with Gasteiger partial charge in [0.25, 0.3) is 0 Å². The third-order valence-electron chi connectivity index (χ3n) is 2.35. The molecule has 1 aliphatic heterocycles. The minimum atomic E-state index is -0.848. The molecule has 5 heteroatoms. The predicted octanol–water partition coefficient (Wildman–Crippen LogP) is 0.0333. The number of rotatable bonds is 5. The van der Waals surface area contributed by atoms with Gasteiger partial charge < -0.3 is 10.1 Å². The van der Waals surface area contributed by atoms with Gasteiger partial charge in [0.2, 0.25) is 5.91 Å². The van der Waals surface area contributed by atoms with E-state index in [1.807, 2.05) is 6.92 Å². The average Bonchev–Trinajstić information content (AvgIpc) is 2.13.